The molecule has 0 fully saturated rings. The van der Waals surface area contributed by atoms with Crippen molar-refractivity contribution in [3.63, 3.8) is 0 Å². The van der Waals surface area contributed by atoms with Crippen LogP contribution in [0.1, 0.15) is 91.4 Å². The third-order valence-electron chi connectivity index (χ3n) is 3.99. The fourth-order valence-corrected chi connectivity index (χ4v) is 2.46. The predicted octanol–water partition coefficient (Wildman–Crippen LogP) is 5.96. The first-order valence-corrected chi connectivity index (χ1v) is 8.48. The second-order valence-corrected chi connectivity index (χ2v) is 6.14. The number of hydrogen-bond acceptors (Lipinski definition) is 1. The quantitative estimate of drug-likeness (QED) is 0.334. The highest BCUT2D eigenvalue weighted by Gasteiger charge is 2.02. The standard InChI is InChI=1S/C18H34O2/c1-4-5-6-7-8-10-13-16(2)14-11-9-12-15-17(3)18(19)20/h15-16H,4-14H2,1-3H3,(H,19,20)/b17-15+. The maximum absolute atomic E-state index is 10.6. The first kappa shape index (κ1) is 19.2. The van der Waals surface area contributed by atoms with Gasteiger partial charge >= 0.3 is 5.97 Å². The predicted molar refractivity (Wildman–Crippen MR) is 87.0 cm³/mol. The number of carboxylic acid groups (broad SMARTS) is 1. The van der Waals surface area contributed by atoms with Gasteiger partial charge in [0.15, 0.2) is 0 Å². The summed E-state index contributed by atoms with van der Waals surface area (Å²) in [5, 5.41) is 8.73. The molecule has 1 N–H and O–H groups in total. The van der Waals surface area contributed by atoms with Gasteiger partial charge in [0, 0.05) is 5.57 Å². The molecule has 0 aliphatic rings. The number of unbranched alkanes of at least 4 members (excludes halogenated alkanes) is 7. The first-order valence-electron chi connectivity index (χ1n) is 8.48. The Labute approximate surface area is 125 Å². The van der Waals surface area contributed by atoms with E-state index in [1.54, 1.807) is 6.92 Å². The van der Waals surface area contributed by atoms with Gasteiger partial charge in [-0.05, 0) is 25.7 Å². The molecule has 0 bridgehead atoms. The van der Waals surface area contributed by atoms with Crippen LogP contribution < -0.4 is 0 Å². The smallest absolute Gasteiger partial charge is 0.330 e. The fourth-order valence-electron chi connectivity index (χ4n) is 2.46. The van der Waals surface area contributed by atoms with Gasteiger partial charge in [-0.15, -0.1) is 0 Å². The largest absolute Gasteiger partial charge is 0.478 e. The minimum absolute atomic E-state index is 0.477. The zero-order valence-corrected chi connectivity index (χ0v) is 13.8. The zero-order chi connectivity index (χ0) is 15.2. The number of allylic oxidation sites excluding steroid dienone is 1. The van der Waals surface area contributed by atoms with E-state index in [2.05, 4.69) is 13.8 Å². The molecule has 118 valence electrons. The Morgan fingerprint density at radius 2 is 1.55 bits per heavy atom. The molecule has 0 aromatic rings. The molecule has 0 radical (unpaired) electrons. The van der Waals surface area contributed by atoms with E-state index in [0.717, 1.165) is 18.8 Å². The van der Waals surface area contributed by atoms with E-state index in [4.69, 9.17) is 5.11 Å². The molecule has 0 aliphatic carbocycles. The molecule has 0 saturated carbocycles. The molecule has 2 heteroatoms. The average molecular weight is 282 g/mol. The Morgan fingerprint density at radius 1 is 1.00 bits per heavy atom. The van der Waals surface area contributed by atoms with E-state index in [1.807, 2.05) is 6.08 Å². The van der Waals surface area contributed by atoms with Gasteiger partial charge < -0.3 is 5.11 Å². The highest BCUT2D eigenvalue weighted by molar-refractivity contribution is 5.85. The number of rotatable bonds is 13. The summed E-state index contributed by atoms with van der Waals surface area (Å²) in [4.78, 5) is 10.6. The SMILES string of the molecule is CCCCCCCCC(C)CCCC/C=C(\C)C(=O)O. The van der Waals surface area contributed by atoms with Crippen LogP contribution in [-0.4, -0.2) is 11.1 Å². The number of aliphatic carboxylic acids is 1. The van der Waals surface area contributed by atoms with Crippen LogP contribution in [-0.2, 0) is 4.79 Å². The highest BCUT2D eigenvalue weighted by Crippen LogP contribution is 2.17. The molecule has 0 aromatic carbocycles. The molecule has 0 saturated heterocycles. The van der Waals surface area contributed by atoms with E-state index in [0.29, 0.717) is 5.57 Å². The lowest BCUT2D eigenvalue weighted by Gasteiger charge is -2.10. The van der Waals surface area contributed by atoms with E-state index in [1.165, 1.54) is 57.8 Å². The van der Waals surface area contributed by atoms with Gasteiger partial charge in [0.1, 0.15) is 0 Å². The van der Waals surface area contributed by atoms with Gasteiger partial charge in [0.2, 0.25) is 0 Å². The van der Waals surface area contributed by atoms with E-state index >= 15 is 0 Å². The summed E-state index contributed by atoms with van der Waals surface area (Å²) in [7, 11) is 0. The van der Waals surface area contributed by atoms with Crippen molar-refractivity contribution in [1.29, 1.82) is 0 Å². The molecule has 0 rings (SSSR count). The third kappa shape index (κ3) is 12.3. The van der Waals surface area contributed by atoms with Gasteiger partial charge in [0.05, 0.1) is 0 Å². The lowest BCUT2D eigenvalue weighted by Crippen LogP contribution is -1.96. The van der Waals surface area contributed by atoms with Gasteiger partial charge in [-0.25, -0.2) is 4.79 Å². The van der Waals surface area contributed by atoms with Gasteiger partial charge in [-0.3, -0.25) is 0 Å². The van der Waals surface area contributed by atoms with Crippen LogP contribution in [0.2, 0.25) is 0 Å². The molecule has 2 nitrogen and oxygen atoms in total. The molecule has 1 atom stereocenters. The van der Waals surface area contributed by atoms with Crippen molar-refractivity contribution in [2.45, 2.75) is 91.4 Å². The van der Waals surface area contributed by atoms with Crippen LogP contribution in [0.3, 0.4) is 0 Å². The minimum atomic E-state index is -0.790. The third-order valence-corrected chi connectivity index (χ3v) is 3.99. The van der Waals surface area contributed by atoms with Gasteiger partial charge in [-0.2, -0.15) is 0 Å². The van der Waals surface area contributed by atoms with Crippen molar-refractivity contribution in [1.82, 2.24) is 0 Å². The monoisotopic (exact) mass is 282 g/mol. The van der Waals surface area contributed by atoms with Crippen molar-refractivity contribution in [3.8, 4) is 0 Å². The Balaban J connectivity index is 3.39. The van der Waals surface area contributed by atoms with Gasteiger partial charge in [0.25, 0.3) is 0 Å². The summed E-state index contributed by atoms with van der Waals surface area (Å²) in [6.07, 6.45) is 16.0. The molecular weight excluding hydrogens is 248 g/mol. The van der Waals surface area contributed by atoms with Crippen molar-refractivity contribution >= 4 is 5.97 Å². The molecule has 1 unspecified atom stereocenters. The Hall–Kier alpha value is -0.790. The zero-order valence-electron chi connectivity index (χ0n) is 13.8. The molecule has 0 aliphatic heterocycles. The van der Waals surface area contributed by atoms with Crippen molar-refractivity contribution in [2.24, 2.45) is 5.92 Å². The maximum atomic E-state index is 10.6. The molecule has 20 heavy (non-hydrogen) atoms. The van der Waals surface area contributed by atoms with E-state index in [-0.39, 0.29) is 0 Å². The van der Waals surface area contributed by atoms with Crippen LogP contribution in [0, 0.1) is 5.92 Å². The molecular formula is C18H34O2. The molecule has 0 aromatic heterocycles. The number of carboxylic acids is 1. The van der Waals surface area contributed by atoms with Crippen molar-refractivity contribution in [3.05, 3.63) is 11.6 Å². The average Bonchev–Trinajstić information content (AvgIpc) is 2.41. The molecule has 0 amide bonds. The lowest BCUT2D eigenvalue weighted by molar-refractivity contribution is -0.132. The second-order valence-electron chi connectivity index (χ2n) is 6.14. The summed E-state index contributed by atoms with van der Waals surface area (Å²) >= 11 is 0. The van der Waals surface area contributed by atoms with Crippen LogP contribution >= 0.6 is 0 Å². The minimum Gasteiger partial charge on any atom is -0.478 e. The fraction of sp³-hybridized carbons (Fsp3) is 0.833. The summed E-state index contributed by atoms with van der Waals surface area (Å²) in [6, 6.07) is 0. The number of hydrogen-bond donors (Lipinski definition) is 1. The van der Waals surface area contributed by atoms with E-state index in [9.17, 15) is 4.79 Å². The van der Waals surface area contributed by atoms with Crippen LogP contribution in [0.25, 0.3) is 0 Å². The normalized spacial score (nSPS) is 13.4. The summed E-state index contributed by atoms with van der Waals surface area (Å²) < 4.78 is 0. The van der Waals surface area contributed by atoms with Crippen LogP contribution in [0.15, 0.2) is 11.6 Å². The van der Waals surface area contributed by atoms with Crippen LogP contribution in [0.4, 0.5) is 0 Å². The highest BCUT2D eigenvalue weighted by atomic mass is 16.4. The maximum Gasteiger partial charge on any atom is 0.330 e. The molecule has 0 heterocycles. The van der Waals surface area contributed by atoms with E-state index < -0.39 is 5.97 Å². The van der Waals surface area contributed by atoms with Crippen molar-refractivity contribution < 1.29 is 9.90 Å². The van der Waals surface area contributed by atoms with Crippen LogP contribution in [0.5, 0.6) is 0 Å². The van der Waals surface area contributed by atoms with Crippen molar-refractivity contribution in [2.75, 3.05) is 0 Å². The Kier molecular flexibility index (Phi) is 12.7. The Bertz CT molecular complexity index is 269. The summed E-state index contributed by atoms with van der Waals surface area (Å²) in [5.74, 6) is 0.0344. The summed E-state index contributed by atoms with van der Waals surface area (Å²) in [5.41, 5.74) is 0.477. The lowest BCUT2D eigenvalue weighted by atomic mass is 9.96. The molecule has 0 spiro atoms. The summed E-state index contributed by atoms with van der Waals surface area (Å²) in [6.45, 7) is 6.28. The van der Waals surface area contributed by atoms with Gasteiger partial charge in [-0.1, -0.05) is 77.7 Å². The second kappa shape index (κ2) is 13.2. The topological polar surface area (TPSA) is 37.3 Å². The number of carbonyl (C=O) groups is 1. The Morgan fingerprint density at radius 3 is 2.15 bits per heavy atom. The first-order chi connectivity index (χ1) is 9.57.